The fourth-order valence-corrected chi connectivity index (χ4v) is 3.13. The van der Waals surface area contributed by atoms with Crippen molar-refractivity contribution in [2.75, 3.05) is 39.0 Å². The van der Waals surface area contributed by atoms with E-state index in [-0.39, 0.29) is 0 Å². The van der Waals surface area contributed by atoms with Gasteiger partial charge in [-0.05, 0) is 24.2 Å². The molecule has 2 aromatic heterocycles. The molecule has 190 valence electrons. The number of aldehydes is 2. The first kappa shape index (κ1) is 28.3. The molecule has 0 radical (unpaired) electrons. The first-order valence-electron chi connectivity index (χ1n) is 11.4. The van der Waals surface area contributed by atoms with Gasteiger partial charge in [0.25, 0.3) is 0 Å². The number of nitrogens with one attached hydrogen (secondary N) is 5. The van der Waals surface area contributed by atoms with Crippen LogP contribution in [0.4, 0.5) is 5.82 Å². The number of rotatable bonds is 10. The first-order valence-corrected chi connectivity index (χ1v) is 11.4. The van der Waals surface area contributed by atoms with Gasteiger partial charge in [-0.3, -0.25) is 4.79 Å². The predicted molar refractivity (Wildman–Crippen MR) is 142 cm³/mol. The van der Waals surface area contributed by atoms with Gasteiger partial charge in [0, 0.05) is 37.9 Å². The van der Waals surface area contributed by atoms with Crippen LogP contribution in [0.5, 0.6) is 0 Å². The minimum Gasteiger partial charge on any atom is -0.365 e. The highest BCUT2D eigenvalue weighted by Gasteiger charge is 2.09. The summed E-state index contributed by atoms with van der Waals surface area (Å²) < 4.78 is 0. The molecule has 0 unspecified atom stereocenters. The molecular formula is C26H33N7O3. The van der Waals surface area contributed by atoms with Gasteiger partial charge in [-0.25, -0.2) is 15.4 Å². The van der Waals surface area contributed by atoms with Crippen molar-refractivity contribution in [3.8, 4) is 11.3 Å². The van der Waals surface area contributed by atoms with Gasteiger partial charge in [-0.1, -0.05) is 54.6 Å². The van der Waals surface area contributed by atoms with Crippen LogP contribution in [-0.4, -0.2) is 66.5 Å². The molecule has 36 heavy (non-hydrogen) atoms. The van der Waals surface area contributed by atoms with Crippen molar-refractivity contribution in [3.05, 3.63) is 78.1 Å². The molecule has 0 fully saturated rings. The number of aromatic nitrogens is 3. The molecule has 10 heteroatoms. The average molecular weight is 492 g/mol. The molecule has 2 aromatic carbocycles. The molecule has 0 aliphatic carbocycles. The van der Waals surface area contributed by atoms with E-state index in [0.717, 1.165) is 53.8 Å². The van der Waals surface area contributed by atoms with Crippen LogP contribution >= 0.6 is 0 Å². The van der Waals surface area contributed by atoms with E-state index in [0.29, 0.717) is 18.7 Å². The number of carbonyl (C=O) groups is 2. The van der Waals surface area contributed by atoms with E-state index in [1.807, 2.05) is 43.4 Å². The van der Waals surface area contributed by atoms with Gasteiger partial charge in [-0.15, -0.1) is 0 Å². The van der Waals surface area contributed by atoms with Crippen LogP contribution in [0.1, 0.15) is 15.9 Å². The SMILES string of the molecule is CNCCNCC=O.CNO.O=Cc1ccc(-c2cc3c(NCc4ccccc4)ncnc3[nH]2)cc1. The molecule has 2 heterocycles. The second-order valence-electron chi connectivity index (χ2n) is 7.44. The molecule has 10 nitrogen and oxygen atoms in total. The Labute approximate surface area is 210 Å². The third-order valence-corrected chi connectivity index (χ3v) is 4.87. The molecule has 0 saturated carbocycles. The number of hydroxylamine groups is 1. The number of H-pyrrole nitrogens is 1. The van der Waals surface area contributed by atoms with E-state index in [1.54, 1.807) is 23.9 Å². The maximum absolute atomic E-state index is 10.8. The van der Waals surface area contributed by atoms with Gasteiger partial charge in [0.1, 0.15) is 30.4 Å². The number of anilines is 1. The summed E-state index contributed by atoms with van der Waals surface area (Å²) in [6.45, 7) is 2.92. The number of carbonyl (C=O) groups excluding carboxylic acids is 2. The van der Waals surface area contributed by atoms with Crippen molar-refractivity contribution in [2.24, 2.45) is 0 Å². The molecule has 6 N–H and O–H groups in total. The molecule has 4 rings (SSSR count). The second kappa shape index (κ2) is 16.6. The van der Waals surface area contributed by atoms with E-state index in [2.05, 4.69) is 43.0 Å². The summed E-state index contributed by atoms with van der Waals surface area (Å²) >= 11 is 0. The van der Waals surface area contributed by atoms with Gasteiger partial charge < -0.3 is 30.9 Å². The largest absolute Gasteiger partial charge is 0.365 e. The lowest BCUT2D eigenvalue weighted by atomic mass is 10.1. The van der Waals surface area contributed by atoms with Crippen LogP contribution in [0, 0.1) is 0 Å². The number of aromatic amines is 1. The lowest BCUT2D eigenvalue weighted by Gasteiger charge is -2.06. The van der Waals surface area contributed by atoms with E-state index >= 15 is 0 Å². The zero-order chi connectivity index (χ0) is 26.0. The number of fused-ring (bicyclic) bond motifs is 1. The third kappa shape index (κ3) is 9.35. The molecule has 0 spiro atoms. The van der Waals surface area contributed by atoms with Crippen LogP contribution < -0.4 is 21.4 Å². The van der Waals surface area contributed by atoms with Gasteiger partial charge in [0.05, 0.1) is 11.9 Å². The van der Waals surface area contributed by atoms with Crippen LogP contribution in [0.25, 0.3) is 22.3 Å². The summed E-state index contributed by atoms with van der Waals surface area (Å²) in [4.78, 5) is 32.5. The van der Waals surface area contributed by atoms with Gasteiger partial charge in [0.15, 0.2) is 0 Å². The topological polar surface area (TPSA) is 144 Å². The number of likely N-dealkylation sites (N-methyl/N-ethyl adjacent to an activating group) is 1. The van der Waals surface area contributed by atoms with Crippen molar-refractivity contribution in [2.45, 2.75) is 6.54 Å². The van der Waals surface area contributed by atoms with Crippen molar-refractivity contribution in [1.29, 1.82) is 0 Å². The lowest BCUT2D eigenvalue weighted by Crippen LogP contribution is -2.26. The number of hydrogen-bond acceptors (Lipinski definition) is 9. The zero-order valence-electron chi connectivity index (χ0n) is 20.5. The maximum atomic E-state index is 10.8. The van der Waals surface area contributed by atoms with Crippen molar-refractivity contribution in [3.63, 3.8) is 0 Å². The van der Waals surface area contributed by atoms with Crippen LogP contribution in [-0.2, 0) is 11.3 Å². The smallest absolute Gasteiger partial charge is 0.150 e. The molecule has 0 amide bonds. The minimum atomic E-state index is 0.460. The predicted octanol–water partition coefficient (Wildman–Crippen LogP) is 2.64. The summed E-state index contributed by atoms with van der Waals surface area (Å²) in [5, 5.41) is 17.5. The van der Waals surface area contributed by atoms with E-state index in [1.165, 1.54) is 12.6 Å². The van der Waals surface area contributed by atoms with E-state index < -0.39 is 0 Å². The Morgan fingerprint density at radius 1 is 0.972 bits per heavy atom. The quantitative estimate of drug-likeness (QED) is 0.112. The average Bonchev–Trinajstić information content (AvgIpc) is 3.37. The second-order valence-corrected chi connectivity index (χ2v) is 7.44. The zero-order valence-corrected chi connectivity index (χ0v) is 20.5. The van der Waals surface area contributed by atoms with Crippen molar-refractivity contribution >= 4 is 29.4 Å². The highest BCUT2D eigenvalue weighted by Crippen LogP contribution is 2.27. The Kier molecular flexibility index (Phi) is 13.1. The maximum Gasteiger partial charge on any atom is 0.150 e. The molecule has 4 aromatic rings. The highest BCUT2D eigenvalue weighted by atomic mass is 16.5. The van der Waals surface area contributed by atoms with Crippen molar-refractivity contribution in [1.82, 2.24) is 31.1 Å². The molecule has 0 saturated heterocycles. The van der Waals surface area contributed by atoms with Gasteiger partial charge in [-0.2, -0.15) is 0 Å². The first-order chi connectivity index (χ1) is 17.7. The number of hydrogen-bond donors (Lipinski definition) is 6. The number of nitrogens with zero attached hydrogens (tertiary/aromatic N) is 2. The van der Waals surface area contributed by atoms with Crippen LogP contribution in [0.2, 0.25) is 0 Å². The molecule has 0 aliphatic rings. The molecule has 0 atom stereocenters. The van der Waals surface area contributed by atoms with E-state index in [9.17, 15) is 9.59 Å². The Hall–Kier alpha value is -3.96. The molecule has 0 aliphatic heterocycles. The summed E-state index contributed by atoms with van der Waals surface area (Å²) in [5.74, 6) is 0.792. The summed E-state index contributed by atoms with van der Waals surface area (Å²) in [5.41, 5.74) is 6.31. The minimum absolute atomic E-state index is 0.460. The standard InChI is InChI=1S/C20H16N4O.C5H12N2O.CH5NO/c25-12-15-6-8-16(9-7-15)18-10-17-19(22-13-23-20(17)24-18)21-11-14-4-2-1-3-5-14;1-6-2-3-7-4-5-8;1-2-3/h1-10,12-13H,11H2,(H2,21,22,23,24);5-7H,2-4H2,1H3;2-3H,1H3. The Bertz CT molecular complexity index is 1170. The molecular weight excluding hydrogens is 458 g/mol. The van der Waals surface area contributed by atoms with Crippen LogP contribution in [0.15, 0.2) is 67.0 Å². The highest BCUT2D eigenvalue weighted by molar-refractivity contribution is 5.91. The fraction of sp³-hybridized carbons (Fsp3) is 0.231. The van der Waals surface area contributed by atoms with Gasteiger partial charge >= 0.3 is 0 Å². The number of benzene rings is 2. The van der Waals surface area contributed by atoms with Crippen molar-refractivity contribution < 1.29 is 14.8 Å². The molecule has 0 bridgehead atoms. The Morgan fingerprint density at radius 2 is 1.69 bits per heavy atom. The monoisotopic (exact) mass is 491 g/mol. The third-order valence-electron chi connectivity index (χ3n) is 4.87. The summed E-state index contributed by atoms with van der Waals surface area (Å²) in [7, 11) is 3.31. The summed E-state index contributed by atoms with van der Waals surface area (Å²) in [6.07, 6.45) is 3.24. The normalized spacial score (nSPS) is 9.97. The van der Waals surface area contributed by atoms with Crippen LogP contribution in [0.3, 0.4) is 0 Å². The van der Waals surface area contributed by atoms with E-state index in [4.69, 9.17) is 5.21 Å². The lowest BCUT2D eigenvalue weighted by molar-refractivity contribution is -0.107. The fourth-order valence-electron chi connectivity index (χ4n) is 3.13. The Balaban J connectivity index is 0.000000352. The van der Waals surface area contributed by atoms with Gasteiger partial charge in [0.2, 0.25) is 0 Å². The Morgan fingerprint density at radius 3 is 2.33 bits per heavy atom. The summed E-state index contributed by atoms with van der Waals surface area (Å²) in [6, 6.07) is 19.6.